The van der Waals surface area contributed by atoms with Gasteiger partial charge in [0.1, 0.15) is 0 Å². The molecule has 2 aliphatic rings. The molecule has 1 heterocycles. The molecule has 1 aliphatic heterocycles. The lowest BCUT2D eigenvalue weighted by atomic mass is 10.3. The molecule has 0 saturated carbocycles. The van der Waals surface area contributed by atoms with Gasteiger partial charge in [-0.1, -0.05) is 12.1 Å². The number of nitrogens with one attached hydrogen (secondary N) is 2. The van der Waals surface area contributed by atoms with Crippen LogP contribution in [0.3, 0.4) is 0 Å². The average Bonchev–Trinajstić information content (AvgIpc) is 2.15. The molecule has 40 valence electrons. The molecule has 1 aliphatic carbocycles. The van der Waals surface area contributed by atoms with E-state index in [1.54, 1.807) is 0 Å². The van der Waals surface area contributed by atoms with Gasteiger partial charge in [-0.15, -0.1) is 0 Å². The van der Waals surface area contributed by atoms with Crippen molar-refractivity contribution in [2.75, 3.05) is 0 Å². The largest absolute Gasteiger partial charge is 0.307 e. The third-order valence-electron chi connectivity index (χ3n) is 1.28. The van der Waals surface area contributed by atoms with Crippen molar-refractivity contribution in [3.8, 4) is 11.3 Å². The molecule has 0 saturated heterocycles. The molecule has 0 atom stereocenters. The van der Waals surface area contributed by atoms with Crippen LogP contribution in [0.1, 0.15) is 0 Å². The minimum atomic E-state index is 1.17. The zero-order valence-electron chi connectivity index (χ0n) is 4.31. The number of rotatable bonds is 0. The van der Waals surface area contributed by atoms with Crippen molar-refractivity contribution in [1.82, 2.24) is 10.2 Å². The van der Waals surface area contributed by atoms with Gasteiger partial charge in [0.15, 0.2) is 0 Å². The summed E-state index contributed by atoms with van der Waals surface area (Å²) in [5.41, 5.74) is 2.41. The highest BCUT2D eigenvalue weighted by atomic mass is 15.1. The van der Waals surface area contributed by atoms with Crippen LogP contribution in [-0.4, -0.2) is 10.2 Å². The van der Waals surface area contributed by atoms with E-state index in [9.17, 15) is 0 Å². The zero-order valence-corrected chi connectivity index (χ0v) is 4.31. The van der Waals surface area contributed by atoms with Crippen LogP contribution in [0.15, 0.2) is 24.4 Å². The van der Waals surface area contributed by atoms with Crippen molar-refractivity contribution in [2.24, 2.45) is 0 Å². The molecule has 0 bridgehead atoms. The van der Waals surface area contributed by atoms with Crippen LogP contribution < -0.4 is 0 Å². The number of H-pyrrole nitrogens is 2. The van der Waals surface area contributed by atoms with Gasteiger partial charge in [0.2, 0.25) is 0 Å². The number of aromatic amines is 2. The number of hydrogen-bond acceptors (Lipinski definition) is 0. The smallest absolute Gasteiger partial charge is 0.0627 e. The van der Waals surface area contributed by atoms with E-state index < -0.39 is 0 Å². The molecule has 0 amide bonds. The minimum absolute atomic E-state index is 1.17. The van der Waals surface area contributed by atoms with Gasteiger partial charge in [0.25, 0.3) is 0 Å². The van der Waals surface area contributed by atoms with Crippen LogP contribution in [-0.2, 0) is 0 Å². The zero-order chi connectivity index (χ0) is 5.40. The van der Waals surface area contributed by atoms with Gasteiger partial charge in [-0.25, -0.2) is 0 Å². The quantitative estimate of drug-likeness (QED) is 0.509. The lowest BCUT2D eigenvalue weighted by molar-refractivity contribution is 1.10. The van der Waals surface area contributed by atoms with Gasteiger partial charge < -0.3 is 10.2 Å². The van der Waals surface area contributed by atoms with Crippen molar-refractivity contribution < 1.29 is 0 Å². The molecule has 2 N–H and O–H groups in total. The number of hydrogen-bond donors (Lipinski definition) is 2. The summed E-state index contributed by atoms with van der Waals surface area (Å²) in [7, 11) is 0. The normalized spacial score (nSPS) is 10.5. The van der Waals surface area contributed by atoms with Crippen LogP contribution in [0.4, 0.5) is 0 Å². The Balaban J connectivity index is 2.84. The Morgan fingerprint density at radius 3 is 3.12 bits per heavy atom. The van der Waals surface area contributed by atoms with E-state index in [2.05, 4.69) is 16.3 Å². The van der Waals surface area contributed by atoms with Crippen LogP contribution >= 0.6 is 0 Å². The fraction of sp³-hybridized carbons (Fsp3) is 0. The number of aromatic nitrogens is 2. The summed E-state index contributed by atoms with van der Waals surface area (Å²) in [6, 6.07) is 6.11. The van der Waals surface area contributed by atoms with Gasteiger partial charge >= 0.3 is 0 Å². The molecule has 8 heavy (non-hydrogen) atoms. The van der Waals surface area contributed by atoms with E-state index in [0.29, 0.717) is 0 Å². The third kappa shape index (κ3) is 0.320. The molecule has 0 aromatic carbocycles. The lowest BCUT2D eigenvalue weighted by Crippen LogP contribution is -1.62. The highest BCUT2D eigenvalue weighted by molar-refractivity contribution is 5.60. The van der Waals surface area contributed by atoms with Crippen LogP contribution in [0.2, 0.25) is 0 Å². The van der Waals surface area contributed by atoms with Gasteiger partial charge in [0, 0.05) is 11.8 Å². The monoisotopic (exact) mass is 106 g/mol. The first-order valence-electron chi connectivity index (χ1n) is 2.57. The topological polar surface area (TPSA) is 31.6 Å². The standard InChI is InChI=1S/C6H6N2/c1-2-5-4-7-8-6(5)3-1/h1-4,7-8H. The lowest BCUT2D eigenvalue weighted by Gasteiger charge is -1.77. The van der Waals surface area contributed by atoms with E-state index in [1.807, 2.05) is 18.3 Å². The Bertz CT molecular complexity index is 198. The second-order valence-corrected chi connectivity index (χ2v) is 1.81. The summed E-state index contributed by atoms with van der Waals surface area (Å²) in [5, 5.41) is 5.87. The van der Waals surface area contributed by atoms with Crippen molar-refractivity contribution >= 4 is 0 Å². The van der Waals surface area contributed by atoms with Gasteiger partial charge in [-0.3, -0.25) is 0 Å². The van der Waals surface area contributed by atoms with E-state index in [-0.39, 0.29) is 0 Å². The van der Waals surface area contributed by atoms with Crippen molar-refractivity contribution in [3.63, 3.8) is 0 Å². The summed E-state index contributed by atoms with van der Waals surface area (Å²) in [4.78, 5) is 0. The Labute approximate surface area is 46.9 Å². The maximum atomic E-state index is 2.97. The van der Waals surface area contributed by atoms with Crippen molar-refractivity contribution in [2.45, 2.75) is 0 Å². The molecule has 2 nitrogen and oxygen atoms in total. The predicted octanol–water partition coefficient (Wildman–Crippen LogP) is 1.45. The first-order valence-corrected chi connectivity index (χ1v) is 2.57. The molecule has 0 aromatic rings. The Hall–Kier alpha value is -1.18. The molecule has 2 rings (SSSR count). The predicted molar refractivity (Wildman–Crippen MR) is 31.8 cm³/mol. The maximum Gasteiger partial charge on any atom is 0.0627 e. The Kier molecular flexibility index (Phi) is 0.545. The van der Waals surface area contributed by atoms with Crippen LogP contribution in [0.5, 0.6) is 0 Å². The van der Waals surface area contributed by atoms with Gasteiger partial charge in [0.05, 0.1) is 5.69 Å². The second kappa shape index (κ2) is 1.15. The summed E-state index contributed by atoms with van der Waals surface area (Å²) in [6.45, 7) is 0. The Morgan fingerprint density at radius 2 is 2.25 bits per heavy atom. The molecule has 0 spiro atoms. The fourth-order valence-electron chi connectivity index (χ4n) is 0.865. The van der Waals surface area contributed by atoms with Gasteiger partial charge in [-0.2, -0.15) is 0 Å². The van der Waals surface area contributed by atoms with E-state index >= 15 is 0 Å². The average molecular weight is 106 g/mol. The Morgan fingerprint density at radius 1 is 1.25 bits per heavy atom. The summed E-state index contributed by atoms with van der Waals surface area (Å²) in [6.07, 6.45) is 1.94. The molecule has 0 aromatic heterocycles. The minimum Gasteiger partial charge on any atom is -0.307 e. The van der Waals surface area contributed by atoms with E-state index in [1.165, 1.54) is 11.3 Å². The van der Waals surface area contributed by atoms with Crippen molar-refractivity contribution in [1.29, 1.82) is 0 Å². The van der Waals surface area contributed by atoms with E-state index in [0.717, 1.165) is 0 Å². The molecular weight excluding hydrogens is 100 g/mol. The van der Waals surface area contributed by atoms with Crippen LogP contribution in [0.25, 0.3) is 11.3 Å². The highest BCUT2D eigenvalue weighted by Crippen LogP contribution is 2.17. The van der Waals surface area contributed by atoms with E-state index in [4.69, 9.17) is 0 Å². The van der Waals surface area contributed by atoms with Crippen LogP contribution in [0, 0.1) is 0 Å². The maximum absolute atomic E-state index is 2.97. The first kappa shape index (κ1) is 3.78. The second-order valence-electron chi connectivity index (χ2n) is 1.81. The summed E-state index contributed by atoms with van der Waals surface area (Å²) >= 11 is 0. The first-order chi connectivity index (χ1) is 3.97. The summed E-state index contributed by atoms with van der Waals surface area (Å²) in [5.74, 6) is 0. The van der Waals surface area contributed by atoms with Crippen molar-refractivity contribution in [3.05, 3.63) is 24.4 Å². The number of fused-ring (bicyclic) bond motifs is 1. The molecular formula is C6H6N2. The molecule has 2 heteroatoms. The molecule has 0 fully saturated rings. The molecule has 0 unspecified atom stereocenters. The molecule has 0 radical (unpaired) electrons. The summed E-state index contributed by atoms with van der Waals surface area (Å²) < 4.78 is 0. The fourth-order valence-corrected chi connectivity index (χ4v) is 0.865. The SMILES string of the molecule is c1cc2c[nH][nH]c-2c1. The van der Waals surface area contributed by atoms with Gasteiger partial charge in [-0.05, 0) is 6.07 Å². The highest BCUT2D eigenvalue weighted by Gasteiger charge is 1.98. The third-order valence-corrected chi connectivity index (χ3v) is 1.28.